The first-order valence-corrected chi connectivity index (χ1v) is 29.5. The highest BCUT2D eigenvalue weighted by Crippen LogP contribution is 2.72. The molecule has 0 bridgehead atoms. The van der Waals surface area contributed by atoms with E-state index in [2.05, 4.69) is 16.0 Å². The van der Waals surface area contributed by atoms with Crippen LogP contribution in [0.25, 0.3) is 0 Å². The summed E-state index contributed by atoms with van der Waals surface area (Å²) in [6, 6.07) is 12.4. The second-order valence-corrected chi connectivity index (χ2v) is 23.7. The van der Waals surface area contributed by atoms with Gasteiger partial charge in [0.2, 0.25) is 17.7 Å². The molecule has 4 fully saturated rings. The van der Waals surface area contributed by atoms with Crippen molar-refractivity contribution >= 4 is 58.4 Å². The van der Waals surface area contributed by atoms with Gasteiger partial charge in [-0.15, -0.1) is 0 Å². The number of hydrogen-bond donors (Lipinski definition) is 4. The minimum atomic E-state index is -2.35. The highest BCUT2D eigenvalue weighted by molar-refractivity contribution is 6.28. The number of carbonyl (C=O) groups excluding carboxylic acids is 8. The van der Waals surface area contributed by atoms with E-state index in [0.717, 1.165) is 16.5 Å². The number of halogens is 2. The van der Waals surface area contributed by atoms with E-state index < -0.39 is 100 Å². The quantitative estimate of drug-likeness (QED) is 0.0406. The minimum absolute atomic E-state index is 0.00607. The van der Waals surface area contributed by atoms with Gasteiger partial charge in [-0.05, 0) is 97.6 Å². The van der Waals surface area contributed by atoms with E-state index in [4.69, 9.17) is 33.2 Å². The van der Waals surface area contributed by atoms with Crippen molar-refractivity contribution in [2.45, 2.75) is 141 Å². The number of ether oxygens (including phenoxy) is 7. The van der Waals surface area contributed by atoms with Crippen molar-refractivity contribution in [3.63, 3.8) is 0 Å². The molecule has 20 nitrogen and oxygen atoms in total. The summed E-state index contributed by atoms with van der Waals surface area (Å²) in [7, 11) is 0. The summed E-state index contributed by atoms with van der Waals surface area (Å²) in [6.07, 6.45) is 2.09. The Bertz CT molecular complexity index is 2870. The largest absolute Gasteiger partial charge is 0.459 e. The van der Waals surface area contributed by atoms with E-state index in [1.165, 1.54) is 31.2 Å². The third kappa shape index (κ3) is 13.9. The van der Waals surface area contributed by atoms with Gasteiger partial charge in [0, 0.05) is 59.9 Å². The van der Waals surface area contributed by atoms with Crippen LogP contribution >= 0.6 is 0 Å². The molecule has 12 atom stereocenters. The molecule has 85 heavy (non-hydrogen) atoms. The van der Waals surface area contributed by atoms with E-state index in [0.29, 0.717) is 69.4 Å². The van der Waals surface area contributed by atoms with Gasteiger partial charge in [0.1, 0.15) is 18.9 Å². The lowest BCUT2D eigenvalue weighted by molar-refractivity contribution is -0.241. The molecule has 22 heteroatoms. The topological polar surface area (TPSA) is 261 Å². The number of esters is 1. The maximum absolute atomic E-state index is 17.9. The second kappa shape index (κ2) is 28.0. The Labute approximate surface area is 494 Å². The molecule has 2 heterocycles. The van der Waals surface area contributed by atoms with Crippen LogP contribution < -0.4 is 20.9 Å². The standard InChI is InChI=1S/C63H80F2N4O16/c1-7-8-56-84-51-35-45-46-34-48(64)47-33-44(70)19-21-60(47,5)62(46,65)50(72)36-61(45,6)63(51,85-56)59(78)83-37-41-9-13-42(14-10-41)67-58(77)39(4)31-49(71)57(38(2)3)68-52(73)20-23-79-25-27-81-29-30-82-28-26-80-24-22-66-53(74)32-40-11-15-43(16-12-40)69-54(75)17-18-55(69)76/h9-19,21,33,38-39,45-46,48,50-51,56-57,72H,7-8,20,22-32,34-37H2,1-6H3,(H,66,74)(H,67,77)(H,68,73)/t39-,45+,46+,48+,50+,51-,56?,57+,60+,61+,62+,63+/m1/s1. The summed E-state index contributed by atoms with van der Waals surface area (Å²) in [5, 5.41) is 20.3. The number of nitrogens with zero attached hydrogens (tertiary/aromatic N) is 1. The van der Waals surface area contributed by atoms with Crippen LogP contribution in [0.2, 0.25) is 0 Å². The molecule has 4 aliphatic carbocycles. The number of rotatable bonds is 30. The molecule has 0 radical (unpaired) electrons. The molecule has 6 aliphatic rings. The fourth-order valence-corrected chi connectivity index (χ4v) is 13.2. The zero-order chi connectivity index (χ0) is 61.3. The number of Topliss-reactive ketones (excluding diaryl/α,β-unsaturated/α-hetero) is 1. The smallest absolute Gasteiger partial charge is 0.342 e. The minimum Gasteiger partial charge on any atom is -0.459 e. The summed E-state index contributed by atoms with van der Waals surface area (Å²) < 4.78 is 75.1. The van der Waals surface area contributed by atoms with Crippen LogP contribution in [-0.4, -0.2) is 154 Å². The summed E-state index contributed by atoms with van der Waals surface area (Å²) in [5.41, 5.74) is -4.73. The molecule has 5 amide bonds. The van der Waals surface area contributed by atoms with Gasteiger partial charge in [-0.2, -0.15) is 0 Å². The Morgan fingerprint density at radius 2 is 1.42 bits per heavy atom. The third-order valence-corrected chi connectivity index (χ3v) is 17.7. The first-order chi connectivity index (χ1) is 40.6. The molecule has 8 rings (SSSR count). The lowest BCUT2D eigenvalue weighted by Gasteiger charge is -2.62. The monoisotopic (exact) mass is 1190 g/mol. The molecule has 462 valence electrons. The number of allylic oxidation sites excluding steroid dienone is 4. The third-order valence-electron chi connectivity index (χ3n) is 17.7. The van der Waals surface area contributed by atoms with Crippen LogP contribution in [0.5, 0.6) is 0 Å². The Morgan fingerprint density at radius 3 is 2.06 bits per heavy atom. The molecular weight excluding hydrogens is 1110 g/mol. The zero-order valence-electron chi connectivity index (χ0n) is 49.2. The highest BCUT2D eigenvalue weighted by atomic mass is 19.1. The fourth-order valence-electron chi connectivity index (χ4n) is 13.2. The van der Waals surface area contributed by atoms with E-state index in [-0.39, 0.29) is 94.0 Å². The number of aliphatic hydroxyl groups is 1. The van der Waals surface area contributed by atoms with Gasteiger partial charge in [-0.3, -0.25) is 33.6 Å². The van der Waals surface area contributed by atoms with Crippen LogP contribution in [0.1, 0.15) is 97.6 Å². The molecular formula is C63H80F2N4O16. The Hall–Kier alpha value is -6.40. The summed E-state index contributed by atoms with van der Waals surface area (Å²) >= 11 is 0. The number of ketones is 2. The molecule has 0 spiro atoms. The van der Waals surface area contributed by atoms with Gasteiger partial charge in [0.25, 0.3) is 11.8 Å². The normalized spacial score (nSPS) is 28.9. The molecule has 1 unspecified atom stereocenters. The fraction of sp³-hybridized carbons (Fsp3) is 0.587. The number of nitrogens with one attached hydrogen (secondary N) is 3. The average Bonchev–Trinajstić information content (AvgIpc) is 1.61. The van der Waals surface area contributed by atoms with Crippen molar-refractivity contribution in [1.82, 2.24) is 10.6 Å². The highest BCUT2D eigenvalue weighted by Gasteiger charge is 2.81. The summed E-state index contributed by atoms with van der Waals surface area (Å²) in [5.74, 6) is -6.00. The van der Waals surface area contributed by atoms with Gasteiger partial charge in [-0.25, -0.2) is 18.5 Å². The summed E-state index contributed by atoms with van der Waals surface area (Å²) in [6.45, 7) is 12.8. The molecule has 2 aliphatic heterocycles. The lowest BCUT2D eigenvalue weighted by Crippen LogP contribution is -2.70. The van der Waals surface area contributed by atoms with Crippen LogP contribution in [0.3, 0.4) is 0 Å². The molecule has 2 aromatic rings. The van der Waals surface area contributed by atoms with Crippen molar-refractivity contribution in [2.75, 3.05) is 69.6 Å². The van der Waals surface area contributed by atoms with E-state index in [1.807, 2.05) is 6.92 Å². The molecule has 1 saturated heterocycles. The number of imide groups is 1. The Morgan fingerprint density at radius 1 is 0.800 bits per heavy atom. The predicted octanol–water partition coefficient (Wildman–Crippen LogP) is 5.86. The first-order valence-electron chi connectivity index (χ1n) is 29.5. The Kier molecular flexibility index (Phi) is 21.3. The number of carbonyl (C=O) groups is 8. The number of alkyl halides is 2. The van der Waals surface area contributed by atoms with E-state index >= 15 is 8.78 Å². The van der Waals surface area contributed by atoms with Crippen molar-refractivity contribution < 1.29 is 85.4 Å². The number of benzene rings is 2. The van der Waals surface area contributed by atoms with Crippen molar-refractivity contribution in [1.29, 1.82) is 0 Å². The van der Waals surface area contributed by atoms with Gasteiger partial charge < -0.3 is 54.2 Å². The maximum Gasteiger partial charge on any atom is 0.342 e. The number of fused-ring (bicyclic) bond motifs is 7. The SMILES string of the molecule is CCCC1O[C@@H]2C[C@H]3[C@@H]4C[C@H](F)C5=CC(=O)C=C[C@]5(C)[C@@]4(F)[C@@H](O)C[C@]3(C)[C@]2(C(=O)OCc2ccc(NC(=O)[C@H](C)CC(=O)[C@@H](NC(=O)CCOCCOCCOCCOCCNC(=O)Cc3ccc(N4C(=O)C=CC4=O)cc3)C(C)C)cc2)O1. The zero-order valence-corrected chi connectivity index (χ0v) is 49.2. The average molecular weight is 1190 g/mol. The predicted molar refractivity (Wildman–Crippen MR) is 305 cm³/mol. The van der Waals surface area contributed by atoms with Gasteiger partial charge in [-0.1, -0.05) is 71.4 Å². The van der Waals surface area contributed by atoms with Crippen molar-refractivity contribution in [3.05, 3.63) is 95.6 Å². The Balaban J connectivity index is 0.690. The lowest BCUT2D eigenvalue weighted by atomic mass is 9.44. The molecule has 3 saturated carbocycles. The van der Waals surface area contributed by atoms with Crippen molar-refractivity contribution in [2.24, 2.45) is 34.5 Å². The number of hydrogen-bond acceptors (Lipinski definition) is 16. The van der Waals surface area contributed by atoms with Gasteiger partial charge >= 0.3 is 5.97 Å². The van der Waals surface area contributed by atoms with Crippen LogP contribution in [0, 0.1) is 34.5 Å². The molecule has 0 aromatic heterocycles. The van der Waals surface area contributed by atoms with Crippen LogP contribution in [0.4, 0.5) is 20.2 Å². The van der Waals surface area contributed by atoms with E-state index in [1.54, 1.807) is 76.2 Å². The first kappa shape index (κ1) is 64.6. The van der Waals surface area contributed by atoms with Crippen LogP contribution in [-0.2, 0) is 84.5 Å². The number of amides is 5. The second-order valence-electron chi connectivity index (χ2n) is 23.7. The van der Waals surface area contributed by atoms with E-state index in [9.17, 15) is 43.5 Å². The van der Waals surface area contributed by atoms with Crippen LogP contribution in [0.15, 0.2) is 84.5 Å². The van der Waals surface area contributed by atoms with Gasteiger partial charge in [0.05, 0.1) is 77.1 Å². The summed E-state index contributed by atoms with van der Waals surface area (Å²) in [4.78, 5) is 104. The van der Waals surface area contributed by atoms with Crippen molar-refractivity contribution in [3.8, 4) is 0 Å². The maximum atomic E-state index is 17.9. The van der Waals surface area contributed by atoms with Gasteiger partial charge in [0.15, 0.2) is 29.1 Å². The number of anilines is 2. The molecule has 2 aromatic carbocycles. The molecule has 4 N–H and O–H groups in total. The number of aliphatic hydroxyl groups excluding tert-OH is 1.